The maximum atomic E-state index is 15.1. The van der Waals surface area contributed by atoms with Crippen LogP contribution in [0.4, 0.5) is 8.78 Å². The quantitative estimate of drug-likeness (QED) is 0.698. The molecule has 0 aliphatic heterocycles. The summed E-state index contributed by atoms with van der Waals surface area (Å²) in [6, 6.07) is 11.3. The fourth-order valence-electron chi connectivity index (χ4n) is 2.57. The van der Waals surface area contributed by atoms with Gasteiger partial charge in [-0.05, 0) is 24.6 Å². The summed E-state index contributed by atoms with van der Waals surface area (Å²) in [5.74, 6) is -3.87. The van der Waals surface area contributed by atoms with E-state index in [-0.39, 0.29) is 10.5 Å². The number of hydrogen-bond donors (Lipinski definition) is 1. The van der Waals surface area contributed by atoms with Gasteiger partial charge >= 0.3 is 5.92 Å². The highest BCUT2D eigenvalue weighted by Crippen LogP contribution is 2.36. The highest BCUT2D eigenvalue weighted by atomic mass is 32.2. The highest BCUT2D eigenvalue weighted by Gasteiger charge is 2.53. The third-order valence-corrected chi connectivity index (χ3v) is 7.22. The average molecular weight is 412 g/mol. The molecule has 0 amide bonds. The van der Waals surface area contributed by atoms with Crippen LogP contribution in [0.2, 0.25) is 19.6 Å². The first-order valence-electron chi connectivity index (χ1n) is 8.42. The van der Waals surface area contributed by atoms with Gasteiger partial charge < -0.3 is 0 Å². The van der Waals surface area contributed by atoms with Crippen LogP contribution in [0, 0.1) is 6.92 Å². The predicted molar refractivity (Wildman–Crippen MR) is 104 cm³/mol. The summed E-state index contributed by atoms with van der Waals surface area (Å²) < 4.78 is 57.7. The number of nitrogens with one attached hydrogen (secondary N) is 1. The van der Waals surface area contributed by atoms with Gasteiger partial charge in [0.2, 0.25) is 10.0 Å². The van der Waals surface area contributed by atoms with Gasteiger partial charge in [0.05, 0.1) is 4.90 Å². The monoisotopic (exact) mass is 411 g/mol. The van der Waals surface area contributed by atoms with Gasteiger partial charge in [0, 0.05) is 0 Å². The van der Waals surface area contributed by atoms with E-state index in [2.05, 4.69) is 4.72 Å². The minimum atomic E-state index is -4.25. The lowest BCUT2D eigenvalue weighted by Crippen LogP contribution is -2.53. The van der Waals surface area contributed by atoms with E-state index in [4.69, 9.17) is 0 Å². The summed E-state index contributed by atoms with van der Waals surface area (Å²) in [6.07, 6.45) is 0. The van der Waals surface area contributed by atoms with Crippen LogP contribution in [0.15, 0.2) is 59.5 Å². The summed E-state index contributed by atoms with van der Waals surface area (Å²) >= 11 is 0. The number of halogens is 2. The molecule has 27 heavy (non-hydrogen) atoms. The molecule has 0 heterocycles. The summed E-state index contributed by atoms with van der Waals surface area (Å²) in [5.41, 5.74) is 0.873. The summed E-state index contributed by atoms with van der Waals surface area (Å²) in [5, 5.41) is -1.20. The molecule has 1 atom stereocenters. The van der Waals surface area contributed by atoms with E-state index in [1.807, 2.05) is 0 Å². The van der Waals surface area contributed by atoms with E-state index in [1.54, 1.807) is 25.1 Å². The number of rotatable bonds is 7. The van der Waals surface area contributed by atoms with Gasteiger partial charge in [0.1, 0.15) is 14.1 Å². The minimum absolute atomic E-state index is 0.0322. The number of benzene rings is 2. The maximum Gasteiger partial charge on any atom is 0.320 e. The minimum Gasteiger partial charge on any atom is -0.299 e. The zero-order valence-electron chi connectivity index (χ0n) is 15.7. The number of sulfonamides is 1. The van der Waals surface area contributed by atoms with Crippen LogP contribution in [-0.2, 0) is 14.8 Å². The third-order valence-electron chi connectivity index (χ3n) is 4.08. The molecule has 0 fully saturated rings. The van der Waals surface area contributed by atoms with Gasteiger partial charge in [-0.15, -0.1) is 0 Å². The fraction of sp³-hybridized carbons (Fsp3) is 0.316. The van der Waals surface area contributed by atoms with E-state index in [0.29, 0.717) is 0 Å². The van der Waals surface area contributed by atoms with Gasteiger partial charge in [0.25, 0.3) is 0 Å². The van der Waals surface area contributed by atoms with Crippen LogP contribution in [0.3, 0.4) is 0 Å². The van der Waals surface area contributed by atoms with E-state index < -0.39 is 35.5 Å². The Balaban J connectivity index is 2.51. The summed E-state index contributed by atoms with van der Waals surface area (Å²) in [6.45, 7) is 6.33. The van der Waals surface area contributed by atoms with Crippen molar-refractivity contribution in [2.75, 3.05) is 0 Å². The van der Waals surface area contributed by atoms with Crippen molar-refractivity contribution in [2.24, 2.45) is 0 Å². The second kappa shape index (κ2) is 7.61. The highest BCUT2D eigenvalue weighted by molar-refractivity contribution is 7.89. The van der Waals surface area contributed by atoms with E-state index in [0.717, 1.165) is 5.56 Å². The SMILES string of the molecule is Cc1ccc(S(=O)(=O)NC(c2ccccc2)C(F)(F)C(=O)[Si](C)(C)C)cc1. The zero-order valence-corrected chi connectivity index (χ0v) is 17.5. The standard InChI is InChI=1S/C19H23F2NO3SSi/c1-14-10-12-16(13-11-14)26(24,25)22-17(15-8-6-5-7-9-15)19(20,21)18(23)27(2,3)4/h5-13,17,22H,1-4H3. The molecular weight excluding hydrogens is 388 g/mol. The normalized spacial score (nSPS) is 14.0. The molecule has 8 heteroatoms. The van der Waals surface area contributed by atoms with Crippen molar-refractivity contribution in [1.82, 2.24) is 4.72 Å². The molecule has 146 valence electrons. The Morgan fingerprint density at radius 1 is 1.00 bits per heavy atom. The predicted octanol–water partition coefficient (Wildman–Crippen LogP) is 4.10. The second-order valence-electron chi connectivity index (χ2n) is 7.48. The van der Waals surface area contributed by atoms with Crippen molar-refractivity contribution in [3.63, 3.8) is 0 Å². The summed E-state index contributed by atoms with van der Waals surface area (Å²) in [7, 11) is -7.13. The molecular formula is C19H23F2NO3SSi. The molecule has 1 unspecified atom stereocenters. The van der Waals surface area contributed by atoms with Crippen molar-refractivity contribution >= 4 is 23.5 Å². The molecule has 0 aromatic heterocycles. The van der Waals surface area contributed by atoms with Crippen LogP contribution < -0.4 is 4.72 Å². The van der Waals surface area contributed by atoms with E-state index in [1.165, 1.54) is 56.0 Å². The lowest BCUT2D eigenvalue weighted by Gasteiger charge is -2.30. The molecule has 0 saturated heterocycles. The largest absolute Gasteiger partial charge is 0.320 e. The van der Waals surface area contributed by atoms with E-state index >= 15 is 8.78 Å². The Labute approximate surface area is 159 Å². The molecule has 2 rings (SSSR count). The molecule has 1 N–H and O–H groups in total. The Kier molecular flexibility index (Phi) is 6.03. The number of alkyl halides is 2. The van der Waals surface area contributed by atoms with Crippen LogP contribution in [0.25, 0.3) is 0 Å². The molecule has 0 aliphatic carbocycles. The molecule has 2 aromatic rings. The second-order valence-corrected chi connectivity index (χ2v) is 14.1. The molecule has 0 bridgehead atoms. The summed E-state index contributed by atoms with van der Waals surface area (Å²) in [4.78, 5) is 12.3. The van der Waals surface area contributed by atoms with Gasteiger partial charge in [-0.3, -0.25) is 4.79 Å². The number of aryl methyl sites for hydroxylation is 1. The van der Waals surface area contributed by atoms with Crippen molar-refractivity contribution in [1.29, 1.82) is 0 Å². The topological polar surface area (TPSA) is 63.2 Å². The van der Waals surface area contributed by atoms with Gasteiger partial charge in [-0.2, -0.15) is 13.5 Å². The fourth-order valence-corrected chi connectivity index (χ4v) is 4.94. The smallest absolute Gasteiger partial charge is 0.299 e. The van der Waals surface area contributed by atoms with Crippen molar-refractivity contribution in [3.8, 4) is 0 Å². The molecule has 0 saturated carbocycles. The first-order chi connectivity index (χ1) is 12.4. The molecule has 0 radical (unpaired) electrons. The van der Waals surface area contributed by atoms with Crippen molar-refractivity contribution in [2.45, 2.75) is 43.4 Å². The average Bonchev–Trinajstić information content (AvgIpc) is 2.59. The maximum absolute atomic E-state index is 15.1. The Morgan fingerprint density at radius 2 is 1.52 bits per heavy atom. The van der Waals surface area contributed by atoms with Gasteiger partial charge in [-0.25, -0.2) is 8.42 Å². The molecule has 0 aliphatic rings. The molecule has 2 aromatic carbocycles. The number of carbonyl (C=O) groups is 1. The Hall–Kier alpha value is -1.90. The third kappa shape index (κ3) is 4.88. The van der Waals surface area contributed by atoms with Gasteiger partial charge in [0.15, 0.2) is 5.41 Å². The van der Waals surface area contributed by atoms with E-state index in [9.17, 15) is 13.2 Å². The first-order valence-corrected chi connectivity index (χ1v) is 13.4. The van der Waals surface area contributed by atoms with Crippen LogP contribution in [0.1, 0.15) is 17.2 Å². The van der Waals surface area contributed by atoms with Crippen molar-refractivity contribution < 1.29 is 22.0 Å². The van der Waals surface area contributed by atoms with Crippen molar-refractivity contribution in [3.05, 3.63) is 65.7 Å². The van der Waals surface area contributed by atoms with Crippen LogP contribution in [-0.4, -0.2) is 27.8 Å². The van der Waals surface area contributed by atoms with Crippen LogP contribution >= 0.6 is 0 Å². The van der Waals surface area contributed by atoms with Crippen LogP contribution in [0.5, 0.6) is 0 Å². The first kappa shape index (κ1) is 21.4. The lowest BCUT2D eigenvalue weighted by atomic mass is 10.0. The van der Waals surface area contributed by atoms with Gasteiger partial charge in [-0.1, -0.05) is 67.7 Å². The Morgan fingerprint density at radius 3 is 2.00 bits per heavy atom. The molecule has 0 spiro atoms. The Bertz CT molecular complexity index is 908. The number of hydrogen-bond acceptors (Lipinski definition) is 3. The molecule has 4 nitrogen and oxygen atoms in total. The zero-order chi connectivity index (χ0) is 20.5. The lowest BCUT2D eigenvalue weighted by molar-refractivity contribution is -0.139. The number of carbonyl (C=O) groups excluding carboxylic acids is 1.